The fourth-order valence-electron chi connectivity index (χ4n) is 0.684. The normalized spacial score (nSPS) is 10.2. The maximum absolute atomic E-state index is 9.79. The van der Waals surface area contributed by atoms with Crippen molar-refractivity contribution in [1.29, 1.82) is 0 Å². The van der Waals surface area contributed by atoms with Crippen LogP contribution in [0.2, 0.25) is 0 Å². The van der Waals surface area contributed by atoms with Gasteiger partial charge in [-0.2, -0.15) is 0 Å². The summed E-state index contributed by atoms with van der Waals surface area (Å²) < 4.78 is 0. The van der Waals surface area contributed by atoms with Crippen LogP contribution in [0.4, 0.5) is 0 Å². The molecule has 0 bridgehead atoms. The molecule has 0 amide bonds. The van der Waals surface area contributed by atoms with Crippen molar-refractivity contribution in [3.63, 3.8) is 0 Å². The molecule has 0 saturated heterocycles. The Bertz CT molecular complexity index is 163. The molecule has 0 spiro atoms. The molecular formula is C12H22O2. The molecule has 0 fully saturated rings. The lowest BCUT2D eigenvalue weighted by Crippen LogP contribution is -1.84. The molecule has 0 aliphatic heterocycles. The van der Waals surface area contributed by atoms with Gasteiger partial charge in [-0.1, -0.05) is 45.4 Å². The molecule has 0 aromatic heterocycles. The maximum Gasteiger partial charge on any atom is 0.327 e. The van der Waals surface area contributed by atoms with Crippen molar-refractivity contribution in [2.75, 3.05) is 0 Å². The van der Waals surface area contributed by atoms with Crippen LogP contribution in [-0.2, 0) is 4.79 Å². The molecule has 0 radical (unpaired) electrons. The van der Waals surface area contributed by atoms with E-state index in [2.05, 4.69) is 26.0 Å². The van der Waals surface area contributed by atoms with E-state index in [-0.39, 0.29) is 0 Å². The zero-order valence-electron chi connectivity index (χ0n) is 9.49. The molecule has 0 saturated carbocycles. The van der Waals surface area contributed by atoms with Gasteiger partial charge in [0, 0.05) is 6.08 Å². The van der Waals surface area contributed by atoms with Gasteiger partial charge in [-0.25, -0.2) is 4.79 Å². The summed E-state index contributed by atoms with van der Waals surface area (Å²) in [5.74, 6) is -0.863. The minimum atomic E-state index is -0.863. The number of rotatable bonds is 5. The molecule has 0 aliphatic carbocycles. The largest absolute Gasteiger partial charge is 0.478 e. The lowest BCUT2D eigenvalue weighted by atomic mass is 10.3. The van der Waals surface area contributed by atoms with Gasteiger partial charge in [-0.05, 0) is 19.3 Å². The molecule has 0 aliphatic rings. The lowest BCUT2D eigenvalue weighted by Gasteiger charge is -1.79. The van der Waals surface area contributed by atoms with Gasteiger partial charge in [0.05, 0.1) is 0 Å². The van der Waals surface area contributed by atoms with Crippen molar-refractivity contribution in [1.82, 2.24) is 0 Å². The van der Waals surface area contributed by atoms with E-state index in [4.69, 9.17) is 5.11 Å². The topological polar surface area (TPSA) is 37.3 Å². The smallest absolute Gasteiger partial charge is 0.327 e. The minimum absolute atomic E-state index is 0.853. The number of carbonyl (C=O) groups is 1. The fourth-order valence-corrected chi connectivity index (χ4v) is 0.684. The summed E-state index contributed by atoms with van der Waals surface area (Å²) >= 11 is 0. The van der Waals surface area contributed by atoms with E-state index < -0.39 is 5.97 Å². The highest BCUT2D eigenvalue weighted by Gasteiger charge is 1.81. The number of aliphatic carboxylic acids is 1. The fraction of sp³-hybridized carbons (Fsp3) is 0.583. The van der Waals surface area contributed by atoms with Gasteiger partial charge >= 0.3 is 5.97 Å². The summed E-state index contributed by atoms with van der Waals surface area (Å²) in [5, 5.41) is 8.05. The Morgan fingerprint density at radius 3 is 1.86 bits per heavy atom. The summed E-state index contributed by atoms with van der Waals surface area (Å²) in [6.45, 7) is 6.30. The van der Waals surface area contributed by atoms with Crippen LogP contribution in [0, 0.1) is 0 Å². The summed E-state index contributed by atoms with van der Waals surface area (Å²) in [4.78, 5) is 9.79. The van der Waals surface area contributed by atoms with Crippen molar-refractivity contribution in [3.8, 4) is 0 Å². The van der Waals surface area contributed by atoms with Crippen LogP contribution in [0.5, 0.6) is 0 Å². The van der Waals surface area contributed by atoms with E-state index in [0.717, 1.165) is 12.8 Å². The summed E-state index contributed by atoms with van der Waals surface area (Å²) in [6.07, 6.45) is 11.4. The third-order valence-corrected chi connectivity index (χ3v) is 1.35. The second-order valence-electron chi connectivity index (χ2n) is 2.82. The molecule has 0 aromatic rings. The Balaban J connectivity index is 0. The highest BCUT2D eigenvalue weighted by molar-refractivity contribution is 5.79. The predicted octanol–water partition coefficient (Wildman–Crippen LogP) is 3.79. The van der Waals surface area contributed by atoms with E-state index in [0.29, 0.717) is 0 Å². The zero-order valence-corrected chi connectivity index (χ0v) is 9.49. The quantitative estimate of drug-likeness (QED) is 0.539. The van der Waals surface area contributed by atoms with Gasteiger partial charge in [-0.15, -0.1) is 0 Å². The van der Waals surface area contributed by atoms with Crippen molar-refractivity contribution in [2.24, 2.45) is 0 Å². The standard InChI is InChI=1S/C6H10O2.C6H12/c1-2-3-4-5-6(7)8;1-3-5-6-4-2/h4-5H,2-3H2,1H3,(H,7,8);5-6H,3-4H2,1-2H3/b5-4+;6-5-. The molecule has 2 heteroatoms. The number of carboxylic acid groups (broad SMARTS) is 1. The Morgan fingerprint density at radius 1 is 1.07 bits per heavy atom. The Kier molecular flexibility index (Phi) is 15.9. The minimum Gasteiger partial charge on any atom is -0.478 e. The number of hydrogen-bond donors (Lipinski definition) is 1. The van der Waals surface area contributed by atoms with Crippen LogP contribution >= 0.6 is 0 Å². The Labute approximate surface area is 87.3 Å². The van der Waals surface area contributed by atoms with Crippen LogP contribution < -0.4 is 0 Å². The molecule has 0 rings (SSSR count). The monoisotopic (exact) mass is 198 g/mol. The van der Waals surface area contributed by atoms with E-state index in [1.165, 1.54) is 18.9 Å². The van der Waals surface area contributed by atoms with Gasteiger partial charge in [0.2, 0.25) is 0 Å². The van der Waals surface area contributed by atoms with Crippen LogP contribution in [0.25, 0.3) is 0 Å². The molecule has 0 atom stereocenters. The maximum atomic E-state index is 9.79. The van der Waals surface area contributed by atoms with Crippen molar-refractivity contribution in [2.45, 2.75) is 46.5 Å². The van der Waals surface area contributed by atoms with E-state index >= 15 is 0 Å². The third kappa shape index (κ3) is 22.4. The van der Waals surface area contributed by atoms with Gasteiger partial charge in [0.1, 0.15) is 0 Å². The molecular weight excluding hydrogens is 176 g/mol. The first-order valence-corrected chi connectivity index (χ1v) is 5.23. The molecule has 14 heavy (non-hydrogen) atoms. The highest BCUT2D eigenvalue weighted by atomic mass is 16.4. The lowest BCUT2D eigenvalue weighted by molar-refractivity contribution is -0.131. The molecule has 0 aromatic carbocycles. The first kappa shape index (κ1) is 15.4. The second kappa shape index (κ2) is 14.5. The van der Waals surface area contributed by atoms with Crippen molar-refractivity contribution in [3.05, 3.63) is 24.3 Å². The summed E-state index contributed by atoms with van der Waals surface area (Å²) in [5.41, 5.74) is 0. The van der Waals surface area contributed by atoms with Crippen molar-refractivity contribution < 1.29 is 9.90 Å². The van der Waals surface area contributed by atoms with Gasteiger partial charge in [0.25, 0.3) is 0 Å². The van der Waals surface area contributed by atoms with Gasteiger partial charge < -0.3 is 5.11 Å². The van der Waals surface area contributed by atoms with Crippen LogP contribution in [0.3, 0.4) is 0 Å². The van der Waals surface area contributed by atoms with Gasteiger partial charge in [-0.3, -0.25) is 0 Å². The predicted molar refractivity (Wildman–Crippen MR) is 61.4 cm³/mol. The highest BCUT2D eigenvalue weighted by Crippen LogP contribution is 1.86. The number of hydrogen-bond acceptors (Lipinski definition) is 1. The van der Waals surface area contributed by atoms with E-state index in [1.807, 2.05) is 6.92 Å². The number of carboxylic acids is 1. The first-order chi connectivity index (χ1) is 6.68. The number of allylic oxidation sites excluding steroid dienone is 3. The third-order valence-electron chi connectivity index (χ3n) is 1.35. The van der Waals surface area contributed by atoms with E-state index in [1.54, 1.807) is 6.08 Å². The summed E-state index contributed by atoms with van der Waals surface area (Å²) in [6, 6.07) is 0. The van der Waals surface area contributed by atoms with Crippen LogP contribution in [0.1, 0.15) is 46.5 Å². The first-order valence-electron chi connectivity index (χ1n) is 5.23. The zero-order chi connectivity index (χ0) is 11.2. The second-order valence-corrected chi connectivity index (χ2v) is 2.82. The van der Waals surface area contributed by atoms with Crippen LogP contribution in [-0.4, -0.2) is 11.1 Å². The Hall–Kier alpha value is -1.05. The average molecular weight is 198 g/mol. The van der Waals surface area contributed by atoms with Crippen molar-refractivity contribution >= 4 is 5.97 Å². The molecule has 0 unspecified atom stereocenters. The van der Waals surface area contributed by atoms with E-state index in [9.17, 15) is 4.79 Å². The van der Waals surface area contributed by atoms with Crippen LogP contribution in [0.15, 0.2) is 24.3 Å². The molecule has 82 valence electrons. The average Bonchev–Trinajstić information content (AvgIpc) is 2.16. The molecule has 0 heterocycles. The SMILES string of the molecule is CC/C=C\CC.CCC/C=C/C(=O)O. The Morgan fingerprint density at radius 2 is 1.57 bits per heavy atom. The van der Waals surface area contributed by atoms with Gasteiger partial charge in [0.15, 0.2) is 0 Å². The molecule has 2 nitrogen and oxygen atoms in total. The summed E-state index contributed by atoms with van der Waals surface area (Å²) in [7, 11) is 0. The molecule has 1 N–H and O–H groups in total. The number of unbranched alkanes of at least 4 members (excludes halogenated alkanes) is 1.